The highest BCUT2D eigenvalue weighted by molar-refractivity contribution is 6.34. The number of carbonyl (C=O) groups excluding carboxylic acids is 2. The Morgan fingerprint density at radius 3 is 2.46 bits per heavy atom. The van der Waals surface area contributed by atoms with Crippen molar-refractivity contribution < 1.29 is 9.59 Å². The molecule has 2 aromatic rings. The summed E-state index contributed by atoms with van der Waals surface area (Å²) in [4.78, 5) is 24.4. The van der Waals surface area contributed by atoms with Crippen molar-refractivity contribution in [3.8, 4) is 0 Å². The van der Waals surface area contributed by atoms with Crippen LogP contribution in [0, 0.1) is 5.92 Å². The summed E-state index contributed by atoms with van der Waals surface area (Å²) in [5.41, 5.74) is 7.88. The molecule has 0 radical (unpaired) electrons. The zero-order valence-corrected chi connectivity index (χ0v) is 15.7. The van der Waals surface area contributed by atoms with Gasteiger partial charge in [0, 0.05) is 24.7 Å². The second-order valence-electron chi connectivity index (χ2n) is 6.57. The first kappa shape index (κ1) is 19.9. The third-order valence-electron chi connectivity index (χ3n) is 3.80. The number of nitrogens with one attached hydrogen (secondary N) is 2. The Morgan fingerprint density at radius 2 is 1.81 bits per heavy atom. The quantitative estimate of drug-likeness (QED) is 0.691. The van der Waals surface area contributed by atoms with Gasteiger partial charge in [0.05, 0.1) is 10.6 Å². The van der Waals surface area contributed by atoms with Gasteiger partial charge in [-0.3, -0.25) is 9.59 Å². The third-order valence-corrected chi connectivity index (χ3v) is 4.13. The lowest BCUT2D eigenvalue weighted by Gasteiger charge is -2.14. The molecule has 0 spiro atoms. The van der Waals surface area contributed by atoms with Crippen LogP contribution in [-0.4, -0.2) is 18.4 Å². The molecule has 2 amide bonds. The van der Waals surface area contributed by atoms with E-state index in [2.05, 4.69) is 10.6 Å². The van der Waals surface area contributed by atoms with E-state index >= 15 is 0 Å². The van der Waals surface area contributed by atoms with E-state index in [1.165, 1.54) is 0 Å². The zero-order valence-electron chi connectivity index (χ0n) is 15.0. The van der Waals surface area contributed by atoms with E-state index in [1.54, 1.807) is 18.2 Å². The van der Waals surface area contributed by atoms with Crippen LogP contribution in [-0.2, 0) is 4.79 Å². The van der Waals surface area contributed by atoms with Gasteiger partial charge in [0.1, 0.15) is 0 Å². The number of anilines is 1. The SMILES string of the molecule is CC(C)CC(=O)Nc1ccc(Cl)c(C(=O)NCC(N)c2ccccc2)c1. The average molecular weight is 374 g/mol. The number of rotatable bonds is 7. The molecule has 26 heavy (non-hydrogen) atoms. The largest absolute Gasteiger partial charge is 0.350 e. The van der Waals surface area contributed by atoms with Gasteiger partial charge in [0.2, 0.25) is 5.91 Å². The second kappa shape index (κ2) is 9.36. The first-order valence-corrected chi connectivity index (χ1v) is 8.92. The molecule has 6 heteroatoms. The van der Waals surface area contributed by atoms with E-state index in [9.17, 15) is 9.59 Å². The zero-order chi connectivity index (χ0) is 19.1. The van der Waals surface area contributed by atoms with Crippen LogP contribution in [0.15, 0.2) is 48.5 Å². The Hall–Kier alpha value is -2.37. The molecule has 4 N–H and O–H groups in total. The van der Waals surface area contributed by atoms with Gasteiger partial charge in [0.25, 0.3) is 5.91 Å². The Morgan fingerprint density at radius 1 is 1.12 bits per heavy atom. The smallest absolute Gasteiger partial charge is 0.252 e. The first-order valence-electron chi connectivity index (χ1n) is 8.55. The van der Waals surface area contributed by atoms with E-state index in [-0.39, 0.29) is 30.3 Å². The molecule has 1 unspecified atom stereocenters. The lowest BCUT2D eigenvalue weighted by Crippen LogP contribution is -2.32. The van der Waals surface area contributed by atoms with Crippen LogP contribution < -0.4 is 16.4 Å². The van der Waals surface area contributed by atoms with Crippen LogP contribution in [0.5, 0.6) is 0 Å². The minimum absolute atomic E-state index is 0.0974. The van der Waals surface area contributed by atoms with Gasteiger partial charge in [-0.05, 0) is 29.7 Å². The fraction of sp³-hybridized carbons (Fsp3) is 0.300. The van der Waals surface area contributed by atoms with E-state index < -0.39 is 0 Å². The normalized spacial score (nSPS) is 11.9. The molecule has 0 aliphatic rings. The second-order valence-corrected chi connectivity index (χ2v) is 6.98. The van der Waals surface area contributed by atoms with Gasteiger partial charge in [-0.1, -0.05) is 55.8 Å². The molecule has 1 atom stereocenters. The summed E-state index contributed by atoms with van der Waals surface area (Å²) in [6.07, 6.45) is 0.413. The van der Waals surface area contributed by atoms with Crippen LogP contribution in [0.4, 0.5) is 5.69 Å². The fourth-order valence-electron chi connectivity index (χ4n) is 2.48. The molecule has 5 nitrogen and oxygen atoms in total. The van der Waals surface area contributed by atoms with Crippen LogP contribution >= 0.6 is 11.6 Å². The maximum atomic E-state index is 12.5. The fourth-order valence-corrected chi connectivity index (χ4v) is 2.68. The maximum absolute atomic E-state index is 12.5. The molecule has 0 aromatic heterocycles. The van der Waals surface area contributed by atoms with Crippen molar-refractivity contribution in [1.82, 2.24) is 5.32 Å². The van der Waals surface area contributed by atoms with Crippen molar-refractivity contribution in [2.75, 3.05) is 11.9 Å². The molecule has 2 aromatic carbocycles. The molecule has 0 saturated carbocycles. The number of hydrogen-bond acceptors (Lipinski definition) is 3. The molecule has 0 aliphatic heterocycles. The van der Waals surface area contributed by atoms with Crippen molar-refractivity contribution in [3.05, 3.63) is 64.7 Å². The molecule has 0 bridgehead atoms. The minimum atomic E-state index is -0.332. The van der Waals surface area contributed by atoms with Crippen molar-refractivity contribution >= 4 is 29.1 Å². The van der Waals surface area contributed by atoms with Crippen molar-refractivity contribution in [2.24, 2.45) is 11.7 Å². The molecular weight excluding hydrogens is 350 g/mol. The highest BCUT2D eigenvalue weighted by atomic mass is 35.5. The van der Waals surface area contributed by atoms with E-state index in [0.717, 1.165) is 5.56 Å². The number of benzene rings is 2. The number of carbonyl (C=O) groups is 2. The average Bonchev–Trinajstić information content (AvgIpc) is 2.61. The summed E-state index contributed by atoms with van der Waals surface area (Å²) in [5.74, 6) is -0.175. The predicted octanol–water partition coefficient (Wildman–Crippen LogP) is 3.75. The molecule has 2 rings (SSSR count). The summed E-state index contributed by atoms with van der Waals surface area (Å²) in [6.45, 7) is 4.22. The van der Waals surface area contributed by atoms with Crippen molar-refractivity contribution in [1.29, 1.82) is 0 Å². The van der Waals surface area contributed by atoms with Gasteiger partial charge < -0.3 is 16.4 Å². The van der Waals surface area contributed by atoms with Gasteiger partial charge in [0.15, 0.2) is 0 Å². The third kappa shape index (κ3) is 5.86. The number of amides is 2. The summed E-state index contributed by atoms with van der Waals surface area (Å²) >= 11 is 6.14. The summed E-state index contributed by atoms with van der Waals surface area (Å²) < 4.78 is 0. The summed E-state index contributed by atoms with van der Waals surface area (Å²) in [7, 11) is 0. The maximum Gasteiger partial charge on any atom is 0.252 e. The van der Waals surface area contributed by atoms with Gasteiger partial charge in [-0.15, -0.1) is 0 Å². The Balaban J connectivity index is 2.01. The van der Waals surface area contributed by atoms with E-state index in [1.807, 2.05) is 44.2 Å². The van der Waals surface area contributed by atoms with Crippen LogP contribution in [0.3, 0.4) is 0 Å². The highest BCUT2D eigenvalue weighted by Crippen LogP contribution is 2.21. The molecular formula is C20H24ClN3O2. The van der Waals surface area contributed by atoms with Crippen molar-refractivity contribution in [2.45, 2.75) is 26.3 Å². The number of hydrogen-bond donors (Lipinski definition) is 3. The van der Waals surface area contributed by atoms with Crippen LogP contribution in [0.1, 0.15) is 42.2 Å². The van der Waals surface area contributed by atoms with Gasteiger partial charge in [-0.2, -0.15) is 0 Å². The van der Waals surface area contributed by atoms with E-state index in [0.29, 0.717) is 22.7 Å². The lowest BCUT2D eigenvalue weighted by atomic mass is 10.1. The summed E-state index contributed by atoms with van der Waals surface area (Å²) in [5, 5.41) is 5.89. The Bertz CT molecular complexity index is 763. The molecule has 0 saturated heterocycles. The Labute approximate surface area is 158 Å². The highest BCUT2D eigenvalue weighted by Gasteiger charge is 2.14. The van der Waals surface area contributed by atoms with Crippen molar-refractivity contribution in [3.63, 3.8) is 0 Å². The predicted molar refractivity (Wildman–Crippen MR) is 105 cm³/mol. The van der Waals surface area contributed by atoms with Gasteiger partial charge >= 0.3 is 0 Å². The molecule has 0 fully saturated rings. The summed E-state index contributed by atoms with van der Waals surface area (Å²) in [6, 6.07) is 14.1. The lowest BCUT2D eigenvalue weighted by molar-refractivity contribution is -0.116. The minimum Gasteiger partial charge on any atom is -0.350 e. The Kier molecular flexibility index (Phi) is 7.18. The molecule has 0 aliphatic carbocycles. The standard InChI is InChI=1S/C20H24ClN3O2/c1-13(2)10-19(25)24-15-8-9-17(21)16(11-15)20(26)23-12-18(22)14-6-4-3-5-7-14/h3-9,11,13,18H,10,12,22H2,1-2H3,(H,23,26)(H,24,25). The first-order chi connectivity index (χ1) is 12.4. The van der Waals surface area contributed by atoms with Crippen LogP contribution in [0.2, 0.25) is 5.02 Å². The monoisotopic (exact) mass is 373 g/mol. The number of nitrogens with two attached hydrogens (primary N) is 1. The topological polar surface area (TPSA) is 84.2 Å². The van der Waals surface area contributed by atoms with Gasteiger partial charge in [-0.25, -0.2) is 0 Å². The molecule has 0 heterocycles. The molecule has 138 valence electrons. The van der Waals surface area contributed by atoms with Crippen LogP contribution in [0.25, 0.3) is 0 Å². The van der Waals surface area contributed by atoms with E-state index in [4.69, 9.17) is 17.3 Å². The number of halogens is 1.